The summed E-state index contributed by atoms with van der Waals surface area (Å²) in [6.45, 7) is 9.60. The first kappa shape index (κ1) is 17.3. The SMILES string of the molecule is CC1CCC(NC(=O)C2CCN(C(=O)C(C)(C)C)CC2)CC1. The van der Waals surface area contributed by atoms with Gasteiger partial charge in [-0.05, 0) is 44.4 Å². The van der Waals surface area contributed by atoms with E-state index in [0.717, 1.165) is 44.7 Å². The summed E-state index contributed by atoms with van der Waals surface area (Å²) in [4.78, 5) is 26.6. The third-order valence-electron chi connectivity index (χ3n) is 5.16. The molecule has 1 heterocycles. The molecule has 1 aliphatic heterocycles. The number of piperidine rings is 1. The Balaban J connectivity index is 1.76. The molecular weight excluding hydrogens is 276 g/mol. The number of rotatable bonds is 2. The molecule has 2 amide bonds. The zero-order valence-corrected chi connectivity index (χ0v) is 14.7. The number of carbonyl (C=O) groups excluding carboxylic acids is 2. The van der Waals surface area contributed by atoms with E-state index >= 15 is 0 Å². The third-order valence-corrected chi connectivity index (χ3v) is 5.16. The van der Waals surface area contributed by atoms with Crippen LogP contribution in [0.5, 0.6) is 0 Å². The summed E-state index contributed by atoms with van der Waals surface area (Å²) >= 11 is 0. The van der Waals surface area contributed by atoms with E-state index in [0.29, 0.717) is 6.04 Å². The van der Waals surface area contributed by atoms with Gasteiger partial charge in [0.1, 0.15) is 0 Å². The Labute approximate surface area is 135 Å². The van der Waals surface area contributed by atoms with Crippen molar-refractivity contribution in [1.82, 2.24) is 10.2 Å². The molecule has 2 aliphatic rings. The predicted molar refractivity (Wildman–Crippen MR) is 88.3 cm³/mol. The summed E-state index contributed by atoms with van der Waals surface area (Å²) in [7, 11) is 0. The number of hydrogen-bond donors (Lipinski definition) is 1. The Morgan fingerprint density at radius 2 is 1.50 bits per heavy atom. The van der Waals surface area contributed by atoms with Crippen LogP contribution in [-0.4, -0.2) is 35.8 Å². The van der Waals surface area contributed by atoms with Crippen LogP contribution >= 0.6 is 0 Å². The van der Waals surface area contributed by atoms with Crippen molar-refractivity contribution in [3.05, 3.63) is 0 Å². The van der Waals surface area contributed by atoms with Gasteiger partial charge in [0, 0.05) is 30.5 Å². The maximum atomic E-state index is 12.4. The maximum Gasteiger partial charge on any atom is 0.227 e. The van der Waals surface area contributed by atoms with Gasteiger partial charge in [-0.15, -0.1) is 0 Å². The number of likely N-dealkylation sites (tertiary alicyclic amines) is 1. The van der Waals surface area contributed by atoms with Crippen LogP contribution in [0.2, 0.25) is 0 Å². The molecule has 4 heteroatoms. The van der Waals surface area contributed by atoms with Crippen molar-refractivity contribution < 1.29 is 9.59 Å². The molecule has 0 unspecified atom stereocenters. The molecule has 0 spiro atoms. The van der Waals surface area contributed by atoms with Gasteiger partial charge >= 0.3 is 0 Å². The second-order valence-corrected chi connectivity index (χ2v) is 8.28. The molecule has 2 rings (SSSR count). The molecule has 22 heavy (non-hydrogen) atoms. The summed E-state index contributed by atoms with van der Waals surface area (Å²) in [6, 6.07) is 0.373. The number of amides is 2. The molecule has 126 valence electrons. The Bertz CT molecular complexity index is 398. The van der Waals surface area contributed by atoms with E-state index in [1.165, 1.54) is 12.8 Å². The Hall–Kier alpha value is -1.06. The monoisotopic (exact) mass is 308 g/mol. The minimum atomic E-state index is -0.326. The molecule has 1 saturated carbocycles. The highest BCUT2D eigenvalue weighted by molar-refractivity contribution is 5.82. The minimum absolute atomic E-state index is 0.0865. The fourth-order valence-electron chi connectivity index (χ4n) is 3.54. The number of nitrogens with one attached hydrogen (secondary N) is 1. The first-order valence-corrected chi connectivity index (χ1v) is 8.87. The fraction of sp³-hybridized carbons (Fsp3) is 0.889. The van der Waals surface area contributed by atoms with Gasteiger partial charge in [0.05, 0.1) is 0 Å². The van der Waals surface area contributed by atoms with Crippen LogP contribution in [0.4, 0.5) is 0 Å². The lowest BCUT2D eigenvalue weighted by atomic mass is 9.86. The summed E-state index contributed by atoms with van der Waals surface area (Å²) < 4.78 is 0. The van der Waals surface area contributed by atoms with Crippen LogP contribution in [0.1, 0.15) is 66.2 Å². The molecule has 0 aromatic rings. The molecule has 0 atom stereocenters. The highest BCUT2D eigenvalue weighted by Gasteiger charge is 2.33. The van der Waals surface area contributed by atoms with Crippen molar-refractivity contribution in [3.8, 4) is 0 Å². The third kappa shape index (κ3) is 4.47. The molecule has 0 aromatic heterocycles. The first-order chi connectivity index (χ1) is 10.3. The van der Waals surface area contributed by atoms with Crippen molar-refractivity contribution in [2.24, 2.45) is 17.3 Å². The molecule has 4 nitrogen and oxygen atoms in total. The highest BCUT2D eigenvalue weighted by Crippen LogP contribution is 2.26. The Kier molecular flexibility index (Phi) is 5.51. The van der Waals surface area contributed by atoms with Crippen molar-refractivity contribution in [1.29, 1.82) is 0 Å². The van der Waals surface area contributed by atoms with Crippen LogP contribution < -0.4 is 5.32 Å². The topological polar surface area (TPSA) is 49.4 Å². The summed E-state index contributed by atoms with van der Waals surface area (Å²) in [5.41, 5.74) is -0.326. The minimum Gasteiger partial charge on any atom is -0.353 e. The summed E-state index contributed by atoms with van der Waals surface area (Å²) in [5, 5.41) is 3.24. The van der Waals surface area contributed by atoms with Gasteiger partial charge in [0.2, 0.25) is 11.8 Å². The van der Waals surface area contributed by atoms with Crippen molar-refractivity contribution in [2.75, 3.05) is 13.1 Å². The molecule has 0 radical (unpaired) electrons. The van der Waals surface area contributed by atoms with Gasteiger partial charge in [-0.1, -0.05) is 27.7 Å². The van der Waals surface area contributed by atoms with Crippen LogP contribution in [0.25, 0.3) is 0 Å². The second kappa shape index (κ2) is 7.01. The molecule has 0 aromatic carbocycles. The van der Waals surface area contributed by atoms with E-state index in [1.54, 1.807) is 0 Å². The molecule has 1 N–H and O–H groups in total. The van der Waals surface area contributed by atoms with E-state index in [4.69, 9.17) is 0 Å². The number of carbonyl (C=O) groups is 2. The smallest absolute Gasteiger partial charge is 0.227 e. The van der Waals surface area contributed by atoms with Crippen molar-refractivity contribution >= 4 is 11.8 Å². The zero-order chi connectivity index (χ0) is 16.3. The highest BCUT2D eigenvalue weighted by atomic mass is 16.2. The Morgan fingerprint density at radius 1 is 0.955 bits per heavy atom. The molecular formula is C18H32N2O2. The number of nitrogens with zero attached hydrogens (tertiary/aromatic N) is 1. The molecule has 0 bridgehead atoms. The molecule has 2 fully saturated rings. The van der Waals surface area contributed by atoms with E-state index in [1.807, 2.05) is 25.7 Å². The largest absolute Gasteiger partial charge is 0.353 e. The van der Waals surface area contributed by atoms with Crippen LogP contribution in [0.3, 0.4) is 0 Å². The van der Waals surface area contributed by atoms with Crippen LogP contribution in [-0.2, 0) is 9.59 Å². The Morgan fingerprint density at radius 3 is 2.00 bits per heavy atom. The van der Waals surface area contributed by atoms with Gasteiger partial charge in [-0.2, -0.15) is 0 Å². The van der Waals surface area contributed by atoms with Crippen molar-refractivity contribution in [2.45, 2.75) is 72.3 Å². The first-order valence-electron chi connectivity index (χ1n) is 8.87. The zero-order valence-electron chi connectivity index (χ0n) is 14.7. The van der Waals surface area contributed by atoms with E-state index in [2.05, 4.69) is 12.2 Å². The molecule has 1 saturated heterocycles. The number of hydrogen-bond acceptors (Lipinski definition) is 2. The average Bonchev–Trinajstić information content (AvgIpc) is 2.48. The normalized spacial score (nSPS) is 27.5. The van der Waals surface area contributed by atoms with Crippen LogP contribution in [0, 0.1) is 17.3 Å². The molecule has 1 aliphatic carbocycles. The van der Waals surface area contributed by atoms with Gasteiger partial charge in [-0.3, -0.25) is 9.59 Å². The predicted octanol–water partition coefficient (Wildman–Crippen LogP) is 2.97. The van der Waals surface area contributed by atoms with Gasteiger partial charge < -0.3 is 10.2 Å². The van der Waals surface area contributed by atoms with Gasteiger partial charge in [-0.25, -0.2) is 0 Å². The van der Waals surface area contributed by atoms with Crippen molar-refractivity contribution in [3.63, 3.8) is 0 Å². The van der Waals surface area contributed by atoms with E-state index < -0.39 is 0 Å². The van der Waals surface area contributed by atoms with Crippen LogP contribution in [0.15, 0.2) is 0 Å². The van der Waals surface area contributed by atoms with E-state index in [-0.39, 0.29) is 23.1 Å². The summed E-state index contributed by atoms with van der Waals surface area (Å²) in [6.07, 6.45) is 6.29. The average molecular weight is 308 g/mol. The maximum absolute atomic E-state index is 12.4. The fourth-order valence-corrected chi connectivity index (χ4v) is 3.54. The lowest BCUT2D eigenvalue weighted by Gasteiger charge is -2.36. The standard InChI is InChI=1S/C18H32N2O2/c1-13-5-7-15(8-6-13)19-16(21)14-9-11-20(12-10-14)17(22)18(2,3)4/h13-15H,5-12H2,1-4H3,(H,19,21). The lowest BCUT2D eigenvalue weighted by Crippen LogP contribution is -2.48. The second-order valence-electron chi connectivity index (χ2n) is 8.28. The van der Waals surface area contributed by atoms with E-state index in [9.17, 15) is 9.59 Å². The quantitative estimate of drug-likeness (QED) is 0.852. The van der Waals surface area contributed by atoms with Gasteiger partial charge in [0.15, 0.2) is 0 Å². The summed E-state index contributed by atoms with van der Waals surface area (Å²) in [5.74, 6) is 1.30. The lowest BCUT2D eigenvalue weighted by molar-refractivity contribution is -0.142. The van der Waals surface area contributed by atoms with Gasteiger partial charge in [0.25, 0.3) is 0 Å².